The Morgan fingerprint density at radius 1 is 1.05 bits per heavy atom. The van der Waals surface area contributed by atoms with Gasteiger partial charge in [-0.15, -0.1) is 0 Å². The molecule has 0 spiro atoms. The van der Waals surface area contributed by atoms with Gasteiger partial charge in [0.15, 0.2) is 11.5 Å². The van der Waals surface area contributed by atoms with Gasteiger partial charge in [-0.2, -0.15) is 0 Å². The van der Waals surface area contributed by atoms with Gasteiger partial charge in [0.25, 0.3) is 0 Å². The van der Waals surface area contributed by atoms with Crippen molar-refractivity contribution in [2.45, 2.75) is 26.5 Å². The molecular weight excluding hydrogens is 278 g/mol. The van der Waals surface area contributed by atoms with Gasteiger partial charge in [-0.1, -0.05) is 12.1 Å². The van der Waals surface area contributed by atoms with Gasteiger partial charge < -0.3 is 19.5 Å². The van der Waals surface area contributed by atoms with E-state index >= 15 is 0 Å². The SMILES string of the molecule is CC(C)n1c(COc2ccccc2O)cc2cc(O)ccc21. The summed E-state index contributed by atoms with van der Waals surface area (Å²) in [4.78, 5) is 0. The Morgan fingerprint density at radius 3 is 2.55 bits per heavy atom. The zero-order chi connectivity index (χ0) is 15.7. The van der Waals surface area contributed by atoms with Crippen LogP contribution in [-0.2, 0) is 6.61 Å². The molecule has 2 N–H and O–H groups in total. The van der Waals surface area contributed by atoms with Crippen LogP contribution in [0.2, 0.25) is 0 Å². The van der Waals surface area contributed by atoms with E-state index in [9.17, 15) is 10.2 Å². The highest BCUT2D eigenvalue weighted by Crippen LogP contribution is 2.29. The van der Waals surface area contributed by atoms with Crippen molar-refractivity contribution in [3.63, 3.8) is 0 Å². The van der Waals surface area contributed by atoms with E-state index in [4.69, 9.17) is 4.74 Å². The molecule has 0 aliphatic rings. The van der Waals surface area contributed by atoms with Gasteiger partial charge in [0.2, 0.25) is 0 Å². The van der Waals surface area contributed by atoms with E-state index in [1.54, 1.807) is 30.3 Å². The number of hydrogen-bond donors (Lipinski definition) is 2. The smallest absolute Gasteiger partial charge is 0.161 e. The van der Waals surface area contributed by atoms with E-state index in [-0.39, 0.29) is 17.5 Å². The van der Waals surface area contributed by atoms with Crippen LogP contribution in [0.3, 0.4) is 0 Å². The van der Waals surface area contributed by atoms with Gasteiger partial charge in [-0.3, -0.25) is 0 Å². The van der Waals surface area contributed by atoms with Crippen molar-refractivity contribution in [1.82, 2.24) is 4.57 Å². The Hall–Kier alpha value is -2.62. The highest BCUT2D eigenvalue weighted by atomic mass is 16.5. The Balaban J connectivity index is 1.96. The first-order valence-electron chi connectivity index (χ1n) is 7.30. The van der Waals surface area contributed by atoms with Gasteiger partial charge in [0, 0.05) is 16.9 Å². The summed E-state index contributed by atoms with van der Waals surface area (Å²) in [6, 6.07) is 14.6. The second kappa shape index (κ2) is 5.64. The molecule has 0 aliphatic heterocycles. The maximum Gasteiger partial charge on any atom is 0.161 e. The fourth-order valence-electron chi connectivity index (χ4n) is 2.73. The molecule has 0 saturated heterocycles. The molecule has 4 heteroatoms. The van der Waals surface area contributed by atoms with E-state index < -0.39 is 0 Å². The van der Waals surface area contributed by atoms with E-state index in [0.717, 1.165) is 16.6 Å². The first kappa shape index (κ1) is 14.3. The third-order valence-corrected chi connectivity index (χ3v) is 3.66. The van der Waals surface area contributed by atoms with Gasteiger partial charge in [0.05, 0.1) is 5.69 Å². The number of rotatable bonds is 4. The van der Waals surface area contributed by atoms with Crippen LogP contribution in [0.25, 0.3) is 10.9 Å². The van der Waals surface area contributed by atoms with Crippen LogP contribution in [0.15, 0.2) is 48.5 Å². The molecule has 1 heterocycles. The largest absolute Gasteiger partial charge is 0.508 e. The van der Waals surface area contributed by atoms with Crippen molar-refractivity contribution in [1.29, 1.82) is 0 Å². The maximum absolute atomic E-state index is 9.78. The summed E-state index contributed by atoms with van der Waals surface area (Å²) in [7, 11) is 0. The molecule has 4 nitrogen and oxygen atoms in total. The molecule has 3 rings (SSSR count). The van der Waals surface area contributed by atoms with Gasteiger partial charge in [-0.05, 0) is 50.2 Å². The van der Waals surface area contributed by atoms with E-state index in [1.807, 2.05) is 18.2 Å². The average molecular weight is 297 g/mol. The quantitative estimate of drug-likeness (QED) is 0.758. The molecule has 3 aromatic rings. The van der Waals surface area contributed by atoms with Crippen LogP contribution in [0.5, 0.6) is 17.2 Å². The lowest BCUT2D eigenvalue weighted by molar-refractivity contribution is 0.278. The van der Waals surface area contributed by atoms with Crippen LogP contribution >= 0.6 is 0 Å². The molecule has 22 heavy (non-hydrogen) atoms. The van der Waals surface area contributed by atoms with Crippen LogP contribution in [-0.4, -0.2) is 14.8 Å². The Labute approximate surface area is 129 Å². The molecule has 0 aliphatic carbocycles. The summed E-state index contributed by atoms with van der Waals surface area (Å²) in [5, 5.41) is 20.4. The molecule has 114 valence electrons. The zero-order valence-corrected chi connectivity index (χ0v) is 12.7. The molecular formula is C18H19NO3. The monoisotopic (exact) mass is 297 g/mol. The minimum Gasteiger partial charge on any atom is -0.508 e. The fourth-order valence-corrected chi connectivity index (χ4v) is 2.73. The van der Waals surface area contributed by atoms with Crippen molar-refractivity contribution in [3.8, 4) is 17.2 Å². The summed E-state index contributed by atoms with van der Waals surface area (Å²) in [6.45, 7) is 4.57. The first-order valence-corrected chi connectivity index (χ1v) is 7.30. The summed E-state index contributed by atoms with van der Waals surface area (Å²) in [5.41, 5.74) is 2.06. The number of aromatic nitrogens is 1. The minimum absolute atomic E-state index is 0.132. The normalized spacial score (nSPS) is 11.2. The number of ether oxygens (including phenoxy) is 1. The number of para-hydroxylation sites is 2. The zero-order valence-electron chi connectivity index (χ0n) is 12.7. The fraction of sp³-hybridized carbons (Fsp3) is 0.222. The average Bonchev–Trinajstić information content (AvgIpc) is 2.84. The molecule has 1 aromatic heterocycles. The molecule has 0 saturated carbocycles. The van der Waals surface area contributed by atoms with Crippen molar-refractivity contribution >= 4 is 10.9 Å². The van der Waals surface area contributed by atoms with Crippen LogP contribution in [0.4, 0.5) is 0 Å². The number of phenols is 2. The van der Waals surface area contributed by atoms with Gasteiger partial charge in [0.1, 0.15) is 12.4 Å². The summed E-state index contributed by atoms with van der Waals surface area (Å²) in [5.74, 6) is 0.847. The highest BCUT2D eigenvalue weighted by molar-refractivity contribution is 5.83. The maximum atomic E-state index is 9.78. The number of fused-ring (bicyclic) bond motifs is 1. The summed E-state index contributed by atoms with van der Waals surface area (Å²) in [6.07, 6.45) is 0. The molecule has 0 fully saturated rings. The van der Waals surface area contributed by atoms with Crippen LogP contribution in [0, 0.1) is 0 Å². The summed E-state index contributed by atoms with van der Waals surface area (Å²) >= 11 is 0. The lowest BCUT2D eigenvalue weighted by atomic mass is 10.2. The second-order valence-corrected chi connectivity index (χ2v) is 5.60. The van der Waals surface area contributed by atoms with Gasteiger partial charge in [-0.25, -0.2) is 0 Å². The number of benzene rings is 2. The van der Waals surface area contributed by atoms with E-state index in [1.165, 1.54) is 0 Å². The highest BCUT2D eigenvalue weighted by Gasteiger charge is 2.13. The van der Waals surface area contributed by atoms with Crippen molar-refractivity contribution in [2.75, 3.05) is 0 Å². The standard InChI is InChI=1S/C18H19NO3/c1-12(2)19-14(9-13-10-15(20)7-8-16(13)19)11-22-18-6-4-3-5-17(18)21/h3-10,12,20-21H,11H2,1-2H3. The lowest BCUT2D eigenvalue weighted by Crippen LogP contribution is -2.08. The molecule has 0 atom stereocenters. The molecule has 0 radical (unpaired) electrons. The number of phenolic OH excluding ortho intramolecular Hbond substituents is 2. The summed E-state index contributed by atoms with van der Waals surface area (Å²) < 4.78 is 7.92. The predicted octanol–water partition coefficient (Wildman–Crippen LogP) is 4.21. The topological polar surface area (TPSA) is 54.6 Å². The number of nitrogens with zero attached hydrogens (tertiary/aromatic N) is 1. The number of hydrogen-bond acceptors (Lipinski definition) is 3. The molecule has 0 bridgehead atoms. The molecule has 2 aromatic carbocycles. The van der Waals surface area contributed by atoms with Crippen LogP contribution in [0.1, 0.15) is 25.6 Å². The Kier molecular flexibility index (Phi) is 3.67. The Bertz CT molecular complexity index is 805. The van der Waals surface area contributed by atoms with Crippen molar-refractivity contribution in [2.24, 2.45) is 0 Å². The van der Waals surface area contributed by atoms with Crippen molar-refractivity contribution in [3.05, 3.63) is 54.2 Å². The number of aromatic hydroxyl groups is 2. The molecule has 0 amide bonds. The van der Waals surface area contributed by atoms with Crippen LogP contribution < -0.4 is 4.74 Å². The van der Waals surface area contributed by atoms with E-state index in [2.05, 4.69) is 18.4 Å². The molecule has 0 unspecified atom stereocenters. The van der Waals surface area contributed by atoms with E-state index in [0.29, 0.717) is 12.4 Å². The predicted molar refractivity (Wildman–Crippen MR) is 86.4 cm³/mol. The third-order valence-electron chi connectivity index (χ3n) is 3.66. The third kappa shape index (κ3) is 2.60. The Morgan fingerprint density at radius 2 is 1.82 bits per heavy atom. The van der Waals surface area contributed by atoms with Gasteiger partial charge >= 0.3 is 0 Å². The first-order chi connectivity index (χ1) is 10.6. The van der Waals surface area contributed by atoms with Crippen molar-refractivity contribution < 1.29 is 14.9 Å². The lowest BCUT2D eigenvalue weighted by Gasteiger charge is -2.15. The minimum atomic E-state index is 0.132. The second-order valence-electron chi connectivity index (χ2n) is 5.60.